The Morgan fingerprint density at radius 2 is 2.14 bits per heavy atom. The van der Waals surface area contributed by atoms with E-state index < -0.39 is 27.8 Å². The molecule has 0 bridgehead atoms. The Bertz CT molecular complexity index is 284. The van der Waals surface area contributed by atoms with Gasteiger partial charge in [0, 0.05) is 0 Å². The maximum atomic E-state index is 10.8. The first-order chi connectivity index (χ1) is 5.88. The van der Waals surface area contributed by atoms with Crippen LogP contribution in [0.4, 0.5) is 0 Å². The first kappa shape index (κ1) is 16.5. The van der Waals surface area contributed by atoms with Crippen molar-refractivity contribution in [2.45, 2.75) is 18.6 Å². The molecule has 14 heavy (non-hydrogen) atoms. The molecule has 0 aliphatic carbocycles. The Labute approximate surface area is 106 Å². The number of carbonyl (C=O) groups is 1. The van der Waals surface area contributed by atoms with Crippen LogP contribution in [0.15, 0.2) is 12.7 Å². The summed E-state index contributed by atoms with van der Waals surface area (Å²) in [6.07, 6.45) is 0.938. The largest absolute Gasteiger partial charge is 1.00 e. The van der Waals surface area contributed by atoms with E-state index in [-0.39, 0.29) is 36.2 Å². The molecule has 0 aliphatic heterocycles. The molecule has 0 aromatic heterocycles. The van der Waals surface area contributed by atoms with Crippen molar-refractivity contribution in [3.8, 4) is 0 Å². The first-order valence-corrected chi connectivity index (χ1v) is 5.06. The molecule has 1 unspecified atom stereocenters. The maximum Gasteiger partial charge on any atom is 1.00 e. The molecule has 0 radical (unpaired) electrons. The summed E-state index contributed by atoms with van der Waals surface area (Å²) >= 11 is 0. The van der Waals surface area contributed by atoms with Crippen molar-refractivity contribution in [1.82, 2.24) is 0 Å². The molecule has 0 fully saturated rings. The summed E-state index contributed by atoms with van der Waals surface area (Å²) in [7, 11) is -4.40. The second-order valence-electron chi connectivity index (χ2n) is 2.48. The van der Waals surface area contributed by atoms with Gasteiger partial charge < -0.3 is 9.29 Å². The fraction of sp³-hybridized carbons (Fsp3) is 0.571. The molecule has 0 N–H and O–H groups in total. The van der Waals surface area contributed by atoms with Crippen LogP contribution in [0.25, 0.3) is 0 Å². The van der Waals surface area contributed by atoms with Gasteiger partial charge in [-0.1, -0.05) is 12.7 Å². The standard InChI is InChI=1S/C7H12O5S.Na/c1-3-4-12-7(8)5-6(2)13(9,10)11;/h3,6H,1,4-5H2,2H3,(H,9,10,11);/q;+1/p-1. The quantitative estimate of drug-likeness (QED) is 0.218. The zero-order valence-corrected chi connectivity index (χ0v) is 11.0. The van der Waals surface area contributed by atoms with Crippen molar-refractivity contribution in [3.63, 3.8) is 0 Å². The Hall–Kier alpha value is 0.120. The van der Waals surface area contributed by atoms with E-state index in [0.29, 0.717) is 0 Å². The molecule has 0 aromatic rings. The number of hydrogen-bond acceptors (Lipinski definition) is 5. The van der Waals surface area contributed by atoms with Crippen molar-refractivity contribution < 1.29 is 52.1 Å². The maximum absolute atomic E-state index is 10.8. The van der Waals surface area contributed by atoms with Crippen LogP contribution in [0.3, 0.4) is 0 Å². The van der Waals surface area contributed by atoms with Crippen molar-refractivity contribution in [2.75, 3.05) is 6.61 Å². The van der Waals surface area contributed by atoms with Crippen molar-refractivity contribution in [3.05, 3.63) is 12.7 Å². The van der Waals surface area contributed by atoms with Gasteiger partial charge in [0.25, 0.3) is 0 Å². The smallest absolute Gasteiger partial charge is 0.748 e. The van der Waals surface area contributed by atoms with Gasteiger partial charge in [0.2, 0.25) is 0 Å². The predicted octanol–water partition coefficient (Wildman–Crippen LogP) is -2.96. The third-order valence-electron chi connectivity index (χ3n) is 1.31. The number of ether oxygens (including phenoxy) is 1. The minimum Gasteiger partial charge on any atom is -0.748 e. The number of carbonyl (C=O) groups excluding carboxylic acids is 1. The predicted molar refractivity (Wildman–Crippen MR) is 44.9 cm³/mol. The van der Waals surface area contributed by atoms with Crippen molar-refractivity contribution in [2.24, 2.45) is 0 Å². The molecular weight excluding hydrogens is 219 g/mol. The average Bonchev–Trinajstić information content (AvgIpc) is 1.99. The summed E-state index contributed by atoms with van der Waals surface area (Å²) in [4.78, 5) is 10.8. The average molecular weight is 230 g/mol. The van der Waals surface area contributed by atoms with Gasteiger partial charge >= 0.3 is 35.5 Å². The zero-order chi connectivity index (χ0) is 10.5. The Balaban J connectivity index is 0. The van der Waals surface area contributed by atoms with Crippen LogP contribution in [0.2, 0.25) is 0 Å². The van der Waals surface area contributed by atoms with Gasteiger partial charge in [-0.15, -0.1) is 0 Å². The van der Waals surface area contributed by atoms with E-state index in [1.165, 1.54) is 6.08 Å². The molecule has 0 heterocycles. The Morgan fingerprint density at radius 3 is 2.50 bits per heavy atom. The fourth-order valence-corrected chi connectivity index (χ4v) is 0.888. The summed E-state index contributed by atoms with van der Waals surface area (Å²) in [5, 5.41) is -1.25. The van der Waals surface area contributed by atoms with E-state index in [2.05, 4.69) is 11.3 Å². The van der Waals surface area contributed by atoms with Crippen LogP contribution in [-0.4, -0.2) is 30.8 Å². The second kappa shape index (κ2) is 7.42. The third kappa shape index (κ3) is 7.52. The molecule has 0 spiro atoms. The van der Waals surface area contributed by atoms with Crippen LogP contribution in [0.1, 0.15) is 13.3 Å². The molecular formula is C7H11NaO5S. The number of esters is 1. The topological polar surface area (TPSA) is 83.5 Å². The molecule has 1 atom stereocenters. The zero-order valence-electron chi connectivity index (χ0n) is 8.23. The van der Waals surface area contributed by atoms with Crippen LogP contribution in [0, 0.1) is 0 Å². The summed E-state index contributed by atoms with van der Waals surface area (Å²) in [6.45, 7) is 4.49. The Morgan fingerprint density at radius 1 is 1.64 bits per heavy atom. The van der Waals surface area contributed by atoms with Gasteiger partial charge in [-0.2, -0.15) is 0 Å². The summed E-state index contributed by atoms with van der Waals surface area (Å²) in [5.41, 5.74) is 0. The van der Waals surface area contributed by atoms with Gasteiger partial charge in [-0.3, -0.25) is 4.79 Å². The van der Waals surface area contributed by atoms with E-state index in [1.54, 1.807) is 0 Å². The van der Waals surface area contributed by atoms with Gasteiger partial charge in [0.05, 0.1) is 21.8 Å². The van der Waals surface area contributed by atoms with Crippen molar-refractivity contribution >= 4 is 16.1 Å². The van der Waals surface area contributed by atoms with E-state index >= 15 is 0 Å². The number of rotatable bonds is 5. The van der Waals surface area contributed by atoms with E-state index in [9.17, 15) is 17.8 Å². The molecule has 0 rings (SSSR count). The molecule has 7 heteroatoms. The first-order valence-electron chi connectivity index (χ1n) is 3.59. The van der Waals surface area contributed by atoms with Crippen molar-refractivity contribution in [1.29, 1.82) is 0 Å². The van der Waals surface area contributed by atoms with E-state index in [1.807, 2.05) is 0 Å². The van der Waals surface area contributed by atoms with E-state index in [0.717, 1.165) is 6.92 Å². The summed E-state index contributed by atoms with van der Waals surface area (Å²) < 4.78 is 35.6. The second-order valence-corrected chi connectivity index (χ2v) is 4.27. The summed E-state index contributed by atoms with van der Waals surface area (Å²) in [5.74, 6) is -0.716. The minimum absolute atomic E-state index is 0. The third-order valence-corrected chi connectivity index (χ3v) is 2.46. The van der Waals surface area contributed by atoms with Gasteiger partial charge in [0.15, 0.2) is 0 Å². The van der Waals surface area contributed by atoms with Crippen LogP contribution >= 0.6 is 0 Å². The van der Waals surface area contributed by atoms with E-state index in [4.69, 9.17) is 0 Å². The molecule has 76 valence electrons. The van der Waals surface area contributed by atoms with Gasteiger partial charge in [0.1, 0.15) is 6.61 Å². The normalized spacial score (nSPS) is 12.4. The number of hydrogen-bond donors (Lipinski definition) is 0. The van der Waals surface area contributed by atoms with Gasteiger partial charge in [-0.05, 0) is 6.92 Å². The molecule has 0 saturated carbocycles. The SMILES string of the molecule is C=CCOC(=O)CC(C)S(=O)(=O)[O-].[Na+]. The minimum atomic E-state index is -4.40. The van der Waals surface area contributed by atoms with Crippen LogP contribution in [0.5, 0.6) is 0 Å². The molecule has 5 nitrogen and oxygen atoms in total. The van der Waals surface area contributed by atoms with Crippen LogP contribution < -0.4 is 29.6 Å². The van der Waals surface area contributed by atoms with Gasteiger partial charge in [-0.25, -0.2) is 8.42 Å². The monoisotopic (exact) mass is 230 g/mol. The summed E-state index contributed by atoms with van der Waals surface area (Å²) in [6, 6.07) is 0. The molecule has 0 aromatic carbocycles. The van der Waals surface area contributed by atoms with Crippen LogP contribution in [-0.2, 0) is 19.6 Å². The molecule has 0 saturated heterocycles. The fourth-order valence-electron chi connectivity index (χ4n) is 0.548. The molecule has 0 aliphatic rings. The Kier molecular flexibility index (Phi) is 8.77. The molecule has 0 amide bonds.